The third-order valence-corrected chi connectivity index (χ3v) is 5.04. The number of pyridine rings is 1. The van der Waals surface area contributed by atoms with Gasteiger partial charge in [-0.25, -0.2) is 4.39 Å². The van der Waals surface area contributed by atoms with Crippen molar-refractivity contribution in [3.8, 4) is 11.3 Å². The largest absolute Gasteiger partial charge is 0.481 e. The van der Waals surface area contributed by atoms with Crippen LogP contribution >= 0.6 is 0 Å². The van der Waals surface area contributed by atoms with Crippen LogP contribution in [-0.4, -0.2) is 46.8 Å². The number of aliphatic carboxylic acids is 1. The predicted octanol–water partition coefficient (Wildman–Crippen LogP) is 2.42. The lowest BCUT2D eigenvalue weighted by atomic mass is 9.93. The van der Waals surface area contributed by atoms with Gasteiger partial charge in [-0.1, -0.05) is 6.07 Å². The van der Waals surface area contributed by atoms with Crippen LogP contribution in [0.15, 0.2) is 42.5 Å². The highest BCUT2D eigenvalue weighted by Crippen LogP contribution is 2.34. The molecule has 0 unspecified atom stereocenters. The number of halogens is 1. The number of aromatic nitrogens is 1. The average molecular weight is 342 g/mol. The van der Waals surface area contributed by atoms with Crippen molar-refractivity contribution < 1.29 is 19.0 Å². The number of likely N-dealkylation sites (tertiary alicyclic amines) is 1. The maximum Gasteiger partial charge on any atom is 0.309 e. The van der Waals surface area contributed by atoms with E-state index in [1.807, 2.05) is 18.2 Å². The summed E-state index contributed by atoms with van der Waals surface area (Å²) >= 11 is 0. The molecule has 25 heavy (non-hydrogen) atoms. The summed E-state index contributed by atoms with van der Waals surface area (Å²) in [5.41, 5.74) is 2.58. The van der Waals surface area contributed by atoms with Crippen molar-refractivity contribution in [2.24, 2.45) is 11.8 Å². The van der Waals surface area contributed by atoms with E-state index in [2.05, 4.69) is 9.88 Å². The molecule has 0 saturated carbocycles. The first kappa shape index (κ1) is 16.2. The van der Waals surface area contributed by atoms with Gasteiger partial charge in [-0.3, -0.25) is 14.7 Å². The van der Waals surface area contributed by atoms with Gasteiger partial charge in [0.15, 0.2) is 0 Å². The second kappa shape index (κ2) is 6.54. The zero-order chi connectivity index (χ0) is 17.4. The molecule has 2 aromatic rings. The van der Waals surface area contributed by atoms with E-state index < -0.39 is 11.9 Å². The Morgan fingerprint density at radius 1 is 1.24 bits per heavy atom. The summed E-state index contributed by atoms with van der Waals surface area (Å²) in [6, 6.07) is 12.1. The topological polar surface area (TPSA) is 62.7 Å². The first-order valence-electron chi connectivity index (χ1n) is 8.39. The van der Waals surface area contributed by atoms with Crippen LogP contribution in [0.5, 0.6) is 0 Å². The average Bonchev–Trinajstić information content (AvgIpc) is 3.15. The van der Waals surface area contributed by atoms with Gasteiger partial charge in [0.1, 0.15) is 5.82 Å². The van der Waals surface area contributed by atoms with Gasteiger partial charge in [-0.05, 0) is 36.4 Å². The van der Waals surface area contributed by atoms with Gasteiger partial charge >= 0.3 is 5.97 Å². The SMILES string of the molecule is O=C(O)[C@@H]1CO[C@@H]2CN(Cc3cccc(-c4ccc(F)cc4)n3)C[C@@H]21. The number of fused-ring (bicyclic) bond motifs is 1. The van der Waals surface area contributed by atoms with E-state index in [9.17, 15) is 14.3 Å². The van der Waals surface area contributed by atoms with E-state index in [-0.39, 0.29) is 17.8 Å². The maximum atomic E-state index is 13.1. The molecule has 0 radical (unpaired) electrons. The highest BCUT2D eigenvalue weighted by molar-refractivity contribution is 5.71. The summed E-state index contributed by atoms with van der Waals surface area (Å²) in [6.07, 6.45) is 0.00128. The highest BCUT2D eigenvalue weighted by atomic mass is 19.1. The minimum Gasteiger partial charge on any atom is -0.481 e. The molecule has 0 spiro atoms. The highest BCUT2D eigenvalue weighted by Gasteiger charge is 2.46. The molecule has 2 fully saturated rings. The summed E-state index contributed by atoms with van der Waals surface area (Å²) in [5.74, 6) is -1.39. The molecule has 3 atom stereocenters. The zero-order valence-corrected chi connectivity index (χ0v) is 13.6. The van der Waals surface area contributed by atoms with Gasteiger partial charge in [0.25, 0.3) is 0 Å². The van der Waals surface area contributed by atoms with Crippen molar-refractivity contribution in [2.45, 2.75) is 12.6 Å². The molecule has 0 bridgehead atoms. The minimum absolute atomic E-state index is 0.00128. The lowest BCUT2D eigenvalue weighted by molar-refractivity contribution is -0.142. The molecule has 2 saturated heterocycles. The first-order valence-corrected chi connectivity index (χ1v) is 8.39. The fourth-order valence-corrected chi connectivity index (χ4v) is 3.76. The standard InChI is InChI=1S/C19H19FN2O3/c20-13-6-4-12(5-7-13)17-3-1-2-14(21-17)8-22-9-15-16(19(23)24)11-25-18(15)10-22/h1-7,15-16,18H,8-11H2,(H,23,24)/t15-,16-,18-/m1/s1. The van der Waals surface area contributed by atoms with E-state index in [0.717, 1.165) is 23.5 Å². The van der Waals surface area contributed by atoms with Crippen LogP contribution in [-0.2, 0) is 16.1 Å². The number of carboxylic acid groups (broad SMARTS) is 1. The van der Waals surface area contributed by atoms with Crippen molar-refractivity contribution >= 4 is 5.97 Å². The number of benzene rings is 1. The Bertz CT molecular complexity index is 780. The molecule has 4 rings (SSSR count). The zero-order valence-electron chi connectivity index (χ0n) is 13.6. The molecule has 2 aliphatic rings. The smallest absolute Gasteiger partial charge is 0.309 e. The van der Waals surface area contributed by atoms with Crippen molar-refractivity contribution in [1.82, 2.24) is 9.88 Å². The van der Waals surface area contributed by atoms with Crippen LogP contribution in [0.4, 0.5) is 4.39 Å². The molecule has 5 nitrogen and oxygen atoms in total. The van der Waals surface area contributed by atoms with E-state index in [4.69, 9.17) is 4.74 Å². The van der Waals surface area contributed by atoms with Gasteiger partial charge in [0.2, 0.25) is 0 Å². The van der Waals surface area contributed by atoms with E-state index in [0.29, 0.717) is 19.7 Å². The van der Waals surface area contributed by atoms with E-state index in [1.165, 1.54) is 12.1 Å². The molecule has 3 heterocycles. The van der Waals surface area contributed by atoms with Gasteiger partial charge in [-0.2, -0.15) is 0 Å². The number of hydrogen-bond acceptors (Lipinski definition) is 4. The monoisotopic (exact) mass is 342 g/mol. The predicted molar refractivity (Wildman–Crippen MR) is 89.3 cm³/mol. The van der Waals surface area contributed by atoms with Crippen LogP contribution in [0.3, 0.4) is 0 Å². The number of carbonyl (C=O) groups is 1. The molecule has 0 amide bonds. The summed E-state index contributed by atoms with van der Waals surface area (Å²) < 4.78 is 18.7. The van der Waals surface area contributed by atoms with Crippen LogP contribution in [0.2, 0.25) is 0 Å². The number of ether oxygens (including phenoxy) is 1. The van der Waals surface area contributed by atoms with Crippen LogP contribution in [0, 0.1) is 17.7 Å². The van der Waals surface area contributed by atoms with Crippen molar-refractivity contribution in [1.29, 1.82) is 0 Å². The van der Waals surface area contributed by atoms with Crippen molar-refractivity contribution in [2.75, 3.05) is 19.7 Å². The quantitative estimate of drug-likeness (QED) is 0.925. The van der Waals surface area contributed by atoms with Crippen LogP contribution in [0.25, 0.3) is 11.3 Å². The molecule has 1 aromatic carbocycles. The number of nitrogens with zero attached hydrogens (tertiary/aromatic N) is 2. The summed E-state index contributed by atoms with van der Waals surface area (Å²) in [4.78, 5) is 18.2. The van der Waals surface area contributed by atoms with Gasteiger partial charge in [-0.15, -0.1) is 0 Å². The molecular weight excluding hydrogens is 323 g/mol. The second-order valence-electron chi connectivity index (χ2n) is 6.70. The van der Waals surface area contributed by atoms with Gasteiger partial charge in [0.05, 0.1) is 30.0 Å². The Morgan fingerprint density at radius 3 is 2.80 bits per heavy atom. The van der Waals surface area contributed by atoms with Crippen LogP contribution < -0.4 is 0 Å². The Labute approximate surface area is 145 Å². The summed E-state index contributed by atoms with van der Waals surface area (Å²) in [7, 11) is 0. The van der Waals surface area contributed by atoms with Gasteiger partial charge in [0, 0.05) is 31.1 Å². The Balaban J connectivity index is 1.46. The molecule has 6 heteroatoms. The molecular formula is C19H19FN2O3. The van der Waals surface area contributed by atoms with E-state index in [1.54, 1.807) is 12.1 Å². The molecule has 0 aliphatic carbocycles. The summed E-state index contributed by atoms with van der Waals surface area (Å²) in [5, 5.41) is 9.28. The number of rotatable bonds is 4. The first-order chi connectivity index (χ1) is 12.1. The third-order valence-electron chi connectivity index (χ3n) is 5.04. The third kappa shape index (κ3) is 3.27. The van der Waals surface area contributed by atoms with Crippen molar-refractivity contribution in [3.05, 3.63) is 54.0 Å². The normalized spacial score (nSPS) is 25.9. The lowest BCUT2D eigenvalue weighted by Crippen LogP contribution is -2.27. The Hall–Kier alpha value is -2.31. The minimum atomic E-state index is -0.772. The number of hydrogen-bond donors (Lipinski definition) is 1. The summed E-state index contributed by atoms with van der Waals surface area (Å²) in [6.45, 7) is 2.41. The number of carboxylic acids is 1. The Kier molecular flexibility index (Phi) is 4.23. The van der Waals surface area contributed by atoms with E-state index >= 15 is 0 Å². The fraction of sp³-hybridized carbons (Fsp3) is 0.368. The maximum absolute atomic E-state index is 13.1. The fourth-order valence-electron chi connectivity index (χ4n) is 3.76. The molecule has 2 aliphatic heterocycles. The van der Waals surface area contributed by atoms with Crippen LogP contribution in [0.1, 0.15) is 5.69 Å². The second-order valence-corrected chi connectivity index (χ2v) is 6.70. The van der Waals surface area contributed by atoms with Crippen molar-refractivity contribution in [3.63, 3.8) is 0 Å². The van der Waals surface area contributed by atoms with Gasteiger partial charge < -0.3 is 9.84 Å². The molecule has 1 N–H and O–H groups in total. The molecule has 1 aromatic heterocycles. The molecule has 130 valence electrons. The lowest BCUT2D eigenvalue weighted by Gasteiger charge is -2.17. The Morgan fingerprint density at radius 2 is 2.04 bits per heavy atom.